The van der Waals surface area contributed by atoms with Gasteiger partial charge in [-0.1, -0.05) is 13.3 Å². The minimum atomic E-state index is 0.107. The van der Waals surface area contributed by atoms with Gasteiger partial charge in [-0.2, -0.15) is 0 Å². The van der Waals surface area contributed by atoms with E-state index < -0.39 is 0 Å². The lowest BCUT2D eigenvalue weighted by molar-refractivity contribution is -0.128. The molecule has 0 saturated heterocycles. The molecule has 1 fully saturated rings. The van der Waals surface area contributed by atoms with Crippen molar-refractivity contribution in [2.75, 3.05) is 20.6 Å². The first-order valence-corrected chi connectivity index (χ1v) is 7.12. The molecule has 1 rings (SSSR count). The first-order valence-electron chi connectivity index (χ1n) is 7.12. The van der Waals surface area contributed by atoms with Crippen LogP contribution in [0.15, 0.2) is 0 Å². The Morgan fingerprint density at radius 1 is 1.44 bits per heavy atom. The van der Waals surface area contributed by atoms with Crippen molar-refractivity contribution in [3.63, 3.8) is 0 Å². The van der Waals surface area contributed by atoms with Crippen molar-refractivity contribution in [2.45, 2.75) is 51.6 Å². The zero-order valence-electron chi connectivity index (χ0n) is 12.3. The molecule has 0 bridgehead atoms. The van der Waals surface area contributed by atoms with Gasteiger partial charge in [0, 0.05) is 18.0 Å². The molecule has 3 N–H and O–H groups in total. The van der Waals surface area contributed by atoms with Crippen molar-refractivity contribution < 1.29 is 4.79 Å². The maximum Gasteiger partial charge on any atom is 0.223 e. The molecule has 4 atom stereocenters. The van der Waals surface area contributed by atoms with Crippen LogP contribution in [0.25, 0.3) is 0 Å². The summed E-state index contributed by atoms with van der Waals surface area (Å²) >= 11 is 0. The highest BCUT2D eigenvalue weighted by molar-refractivity contribution is 5.79. The standard InChI is InChI=1S/C14H29N3O/c1-10(8-9-17(3)4)16-14(18)12-6-5-7-13(15)11(12)2/h10-13H,5-9,15H2,1-4H3,(H,16,18). The topological polar surface area (TPSA) is 58.4 Å². The molecule has 0 aliphatic heterocycles. The molecule has 4 heteroatoms. The summed E-state index contributed by atoms with van der Waals surface area (Å²) in [5, 5.41) is 3.13. The number of nitrogens with zero attached hydrogens (tertiary/aromatic N) is 1. The summed E-state index contributed by atoms with van der Waals surface area (Å²) in [5.41, 5.74) is 6.05. The van der Waals surface area contributed by atoms with Crippen LogP contribution < -0.4 is 11.1 Å². The van der Waals surface area contributed by atoms with E-state index in [1.54, 1.807) is 0 Å². The van der Waals surface area contributed by atoms with Crippen molar-refractivity contribution in [1.82, 2.24) is 10.2 Å². The average molecular weight is 255 g/mol. The molecule has 4 unspecified atom stereocenters. The minimum Gasteiger partial charge on any atom is -0.353 e. The van der Waals surface area contributed by atoms with Gasteiger partial charge in [-0.3, -0.25) is 4.79 Å². The third kappa shape index (κ3) is 4.58. The van der Waals surface area contributed by atoms with Gasteiger partial charge in [0.15, 0.2) is 0 Å². The van der Waals surface area contributed by atoms with E-state index in [4.69, 9.17) is 5.73 Å². The number of nitrogens with one attached hydrogen (secondary N) is 1. The Morgan fingerprint density at radius 3 is 2.72 bits per heavy atom. The SMILES string of the molecule is CC(CCN(C)C)NC(=O)C1CCCC(N)C1C. The molecule has 0 aromatic heterocycles. The fourth-order valence-electron chi connectivity index (χ4n) is 2.64. The molecule has 0 aromatic rings. The predicted molar refractivity (Wildman–Crippen MR) is 75.3 cm³/mol. The number of hydrogen-bond donors (Lipinski definition) is 2. The van der Waals surface area contributed by atoms with Crippen LogP contribution in [0.2, 0.25) is 0 Å². The molecular formula is C14H29N3O. The van der Waals surface area contributed by atoms with Crippen molar-refractivity contribution in [1.29, 1.82) is 0 Å². The highest BCUT2D eigenvalue weighted by Gasteiger charge is 2.32. The number of amides is 1. The maximum atomic E-state index is 12.2. The fourth-order valence-corrected chi connectivity index (χ4v) is 2.64. The van der Waals surface area contributed by atoms with Gasteiger partial charge in [0.1, 0.15) is 0 Å². The van der Waals surface area contributed by atoms with Crippen LogP contribution in [-0.4, -0.2) is 43.5 Å². The Kier molecular flexibility index (Phi) is 6.09. The van der Waals surface area contributed by atoms with Gasteiger partial charge >= 0.3 is 0 Å². The van der Waals surface area contributed by atoms with E-state index in [9.17, 15) is 4.79 Å². The lowest BCUT2D eigenvalue weighted by atomic mass is 9.77. The summed E-state index contributed by atoms with van der Waals surface area (Å²) in [5.74, 6) is 0.610. The zero-order valence-corrected chi connectivity index (χ0v) is 12.3. The van der Waals surface area contributed by atoms with Gasteiger partial charge < -0.3 is 16.0 Å². The summed E-state index contributed by atoms with van der Waals surface area (Å²) in [6.07, 6.45) is 4.11. The summed E-state index contributed by atoms with van der Waals surface area (Å²) in [6.45, 7) is 5.19. The Morgan fingerprint density at radius 2 is 2.11 bits per heavy atom. The van der Waals surface area contributed by atoms with Crippen molar-refractivity contribution in [3.05, 3.63) is 0 Å². The normalized spacial score (nSPS) is 30.2. The van der Waals surface area contributed by atoms with Gasteiger partial charge in [-0.25, -0.2) is 0 Å². The number of hydrogen-bond acceptors (Lipinski definition) is 3. The number of carbonyl (C=O) groups excluding carboxylic acids is 1. The number of nitrogens with two attached hydrogens (primary N) is 1. The van der Waals surface area contributed by atoms with E-state index in [2.05, 4.69) is 38.2 Å². The van der Waals surface area contributed by atoms with E-state index >= 15 is 0 Å². The molecule has 1 saturated carbocycles. The molecule has 0 radical (unpaired) electrons. The van der Waals surface area contributed by atoms with E-state index in [0.717, 1.165) is 32.2 Å². The smallest absolute Gasteiger partial charge is 0.223 e. The average Bonchev–Trinajstić information content (AvgIpc) is 2.30. The molecular weight excluding hydrogens is 226 g/mol. The predicted octanol–water partition coefficient (Wildman–Crippen LogP) is 1.21. The van der Waals surface area contributed by atoms with Gasteiger partial charge in [0.05, 0.1) is 0 Å². The number of rotatable bonds is 5. The van der Waals surface area contributed by atoms with Crippen LogP contribution in [0.3, 0.4) is 0 Å². The molecule has 0 spiro atoms. The molecule has 106 valence electrons. The van der Waals surface area contributed by atoms with Crippen molar-refractivity contribution in [3.8, 4) is 0 Å². The molecule has 0 heterocycles. The molecule has 4 nitrogen and oxygen atoms in total. The molecule has 18 heavy (non-hydrogen) atoms. The highest BCUT2D eigenvalue weighted by atomic mass is 16.1. The van der Waals surface area contributed by atoms with Gasteiger partial charge in [0.25, 0.3) is 0 Å². The Labute approximate surface area is 111 Å². The Balaban J connectivity index is 2.39. The lowest BCUT2D eigenvalue weighted by Crippen LogP contribution is -2.46. The van der Waals surface area contributed by atoms with Crippen LogP contribution in [0.5, 0.6) is 0 Å². The molecule has 1 aliphatic carbocycles. The summed E-state index contributed by atoms with van der Waals surface area (Å²) in [6, 6.07) is 0.428. The number of carbonyl (C=O) groups is 1. The van der Waals surface area contributed by atoms with E-state index in [1.807, 2.05) is 0 Å². The van der Waals surface area contributed by atoms with Crippen LogP contribution in [-0.2, 0) is 4.79 Å². The van der Waals surface area contributed by atoms with Gasteiger partial charge in [-0.05, 0) is 52.7 Å². The molecule has 1 aliphatic rings. The van der Waals surface area contributed by atoms with Crippen LogP contribution in [0.1, 0.15) is 39.5 Å². The third-order valence-electron chi connectivity index (χ3n) is 4.10. The second-order valence-electron chi connectivity index (χ2n) is 6.06. The quantitative estimate of drug-likeness (QED) is 0.776. The van der Waals surface area contributed by atoms with Gasteiger partial charge in [0.2, 0.25) is 5.91 Å². The van der Waals surface area contributed by atoms with Crippen molar-refractivity contribution in [2.24, 2.45) is 17.6 Å². The minimum absolute atomic E-state index is 0.107. The second kappa shape index (κ2) is 7.10. The first kappa shape index (κ1) is 15.4. The zero-order chi connectivity index (χ0) is 13.7. The lowest BCUT2D eigenvalue weighted by Gasteiger charge is -2.33. The molecule has 1 amide bonds. The maximum absolute atomic E-state index is 12.2. The highest BCUT2D eigenvalue weighted by Crippen LogP contribution is 2.29. The Hall–Kier alpha value is -0.610. The van der Waals surface area contributed by atoms with Crippen LogP contribution >= 0.6 is 0 Å². The summed E-state index contributed by atoms with van der Waals surface area (Å²) in [7, 11) is 4.10. The fraction of sp³-hybridized carbons (Fsp3) is 0.929. The van der Waals surface area contributed by atoms with E-state index in [1.165, 1.54) is 0 Å². The van der Waals surface area contributed by atoms with Gasteiger partial charge in [-0.15, -0.1) is 0 Å². The molecule has 0 aromatic carbocycles. The van der Waals surface area contributed by atoms with Crippen LogP contribution in [0, 0.1) is 11.8 Å². The summed E-state index contributed by atoms with van der Waals surface area (Å²) < 4.78 is 0. The monoisotopic (exact) mass is 255 g/mol. The summed E-state index contributed by atoms with van der Waals surface area (Å²) in [4.78, 5) is 14.4. The first-order chi connectivity index (χ1) is 8.41. The van der Waals surface area contributed by atoms with E-state index in [0.29, 0.717) is 5.92 Å². The second-order valence-corrected chi connectivity index (χ2v) is 6.06. The third-order valence-corrected chi connectivity index (χ3v) is 4.10. The van der Waals surface area contributed by atoms with E-state index in [-0.39, 0.29) is 23.9 Å². The van der Waals surface area contributed by atoms with Crippen LogP contribution in [0.4, 0.5) is 0 Å². The van der Waals surface area contributed by atoms with Crippen molar-refractivity contribution >= 4 is 5.91 Å². The largest absolute Gasteiger partial charge is 0.353 e. The Bertz CT molecular complexity index is 268.